The van der Waals surface area contributed by atoms with Gasteiger partial charge >= 0.3 is 6.09 Å². The van der Waals surface area contributed by atoms with Gasteiger partial charge in [-0.05, 0) is 39.2 Å². The first-order valence-corrected chi connectivity index (χ1v) is 8.61. The lowest BCUT2D eigenvalue weighted by molar-refractivity contribution is 0.0506. The van der Waals surface area contributed by atoms with Crippen LogP contribution in [0.2, 0.25) is 0 Å². The Morgan fingerprint density at radius 1 is 1.25 bits per heavy atom. The zero-order chi connectivity index (χ0) is 17.7. The maximum atomic E-state index is 12.4. The van der Waals surface area contributed by atoms with E-state index in [1.54, 1.807) is 0 Å². The third-order valence-corrected chi connectivity index (χ3v) is 4.04. The zero-order valence-electron chi connectivity index (χ0n) is 15.1. The van der Waals surface area contributed by atoms with E-state index < -0.39 is 11.7 Å². The predicted molar refractivity (Wildman–Crippen MR) is 94.4 cm³/mol. The van der Waals surface area contributed by atoms with Crippen LogP contribution in [0, 0.1) is 0 Å². The van der Waals surface area contributed by atoms with Gasteiger partial charge in [0, 0.05) is 24.7 Å². The van der Waals surface area contributed by atoms with Crippen LogP contribution in [0.5, 0.6) is 0 Å². The number of benzene rings is 1. The SMILES string of the molecule is CCc1ccc(C(=O)CN2CCC(NC(=O)OC(C)(C)C)C2)cc1. The van der Waals surface area contributed by atoms with Crippen LogP contribution in [0.4, 0.5) is 4.79 Å². The number of nitrogens with one attached hydrogen (secondary N) is 1. The number of nitrogens with zero attached hydrogens (tertiary/aromatic N) is 1. The molecular weight excluding hydrogens is 304 g/mol. The summed E-state index contributed by atoms with van der Waals surface area (Å²) in [6, 6.07) is 7.84. The average Bonchev–Trinajstić information content (AvgIpc) is 2.92. The summed E-state index contributed by atoms with van der Waals surface area (Å²) in [7, 11) is 0. The molecule has 1 unspecified atom stereocenters. The van der Waals surface area contributed by atoms with Crippen molar-refractivity contribution < 1.29 is 14.3 Å². The van der Waals surface area contributed by atoms with Crippen molar-refractivity contribution >= 4 is 11.9 Å². The maximum Gasteiger partial charge on any atom is 0.407 e. The summed E-state index contributed by atoms with van der Waals surface area (Å²) in [4.78, 5) is 26.3. The Balaban J connectivity index is 1.80. The van der Waals surface area contributed by atoms with E-state index in [2.05, 4.69) is 17.1 Å². The lowest BCUT2D eigenvalue weighted by atomic mass is 10.1. The van der Waals surface area contributed by atoms with E-state index in [-0.39, 0.29) is 11.8 Å². The molecule has 0 saturated carbocycles. The van der Waals surface area contributed by atoms with Crippen molar-refractivity contribution in [3.05, 3.63) is 35.4 Å². The number of ether oxygens (including phenoxy) is 1. The van der Waals surface area contributed by atoms with E-state index >= 15 is 0 Å². The topological polar surface area (TPSA) is 58.6 Å². The summed E-state index contributed by atoms with van der Waals surface area (Å²) in [6.07, 6.45) is 1.41. The highest BCUT2D eigenvalue weighted by molar-refractivity contribution is 5.97. The molecule has 2 rings (SSSR count). The third-order valence-electron chi connectivity index (χ3n) is 4.04. The van der Waals surface area contributed by atoms with Crippen LogP contribution in [0.1, 0.15) is 50.0 Å². The van der Waals surface area contributed by atoms with Gasteiger partial charge in [-0.25, -0.2) is 4.79 Å². The molecule has 132 valence electrons. The number of Topliss-reactive ketones (excluding diaryl/α,β-unsaturated/α-hetero) is 1. The molecule has 0 bridgehead atoms. The summed E-state index contributed by atoms with van der Waals surface area (Å²) in [5, 5.41) is 2.88. The second-order valence-corrected chi connectivity index (χ2v) is 7.34. The molecule has 1 aromatic rings. The molecule has 1 amide bonds. The molecule has 1 aliphatic rings. The standard InChI is InChI=1S/C19H28N2O3/c1-5-14-6-8-15(9-7-14)17(22)13-21-11-10-16(12-21)20-18(23)24-19(2,3)4/h6-9,16H,5,10-13H2,1-4H3,(H,20,23). The van der Waals surface area contributed by atoms with Gasteiger partial charge in [0.25, 0.3) is 0 Å². The lowest BCUT2D eigenvalue weighted by Crippen LogP contribution is -2.41. The molecule has 1 aromatic carbocycles. The summed E-state index contributed by atoms with van der Waals surface area (Å²) >= 11 is 0. The lowest BCUT2D eigenvalue weighted by Gasteiger charge is -2.22. The maximum absolute atomic E-state index is 12.4. The van der Waals surface area contributed by atoms with Crippen LogP contribution in [0.25, 0.3) is 0 Å². The molecule has 1 saturated heterocycles. The second kappa shape index (κ2) is 7.79. The van der Waals surface area contributed by atoms with Crippen molar-refractivity contribution in [3.63, 3.8) is 0 Å². The van der Waals surface area contributed by atoms with Gasteiger partial charge in [0.1, 0.15) is 5.60 Å². The van der Waals surface area contributed by atoms with Crippen molar-refractivity contribution in [2.24, 2.45) is 0 Å². The Morgan fingerprint density at radius 3 is 2.50 bits per heavy atom. The van der Waals surface area contributed by atoms with Crippen molar-refractivity contribution in [2.75, 3.05) is 19.6 Å². The van der Waals surface area contributed by atoms with Crippen LogP contribution in [0.3, 0.4) is 0 Å². The highest BCUT2D eigenvalue weighted by Crippen LogP contribution is 2.13. The van der Waals surface area contributed by atoms with Gasteiger partial charge in [-0.1, -0.05) is 31.2 Å². The van der Waals surface area contributed by atoms with Gasteiger partial charge in [0.2, 0.25) is 0 Å². The number of likely N-dealkylation sites (tertiary alicyclic amines) is 1. The Kier molecular flexibility index (Phi) is 5.99. The number of hydrogen-bond donors (Lipinski definition) is 1. The Hall–Kier alpha value is -1.88. The fourth-order valence-electron chi connectivity index (χ4n) is 2.79. The largest absolute Gasteiger partial charge is 0.444 e. The fraction of sp³-hybridized carbons (Fsp3) is 0.579. The molecule has 0 spiro atoms. The fourth-order valence-corrected chi connectivity index (χ4v) is 2.79. The van der Waals surface area contributed by atoms with Crippen molar-refractivity contribution in [1.82, 2.24) is 10.2 Å². The van der Waals surface area contributed by atoms with E-state index in [1.807, 2.05) is 45.0 Å². The summed E-state index contributed by atoms with van der Waals surface area (Å²) in [5.74, 6) is 0.121. The molecule has 1 heterocycles. The quantitative estimate of drug-likeness (QED) is 0.842. The summed E-state index contributed by atoms with van der Waals surface area (Å²) in [6.45, 7) is 9.50. The molecule has 0 aliphatic carbocycles. The molecule has 24 heavy (non-hydrogen) atoms. The number of ketones is 1. The molecule has 0 aromatic heterocycles. The number of rotatable bonds is 5. The summed E-state index contributed by atoms with van der Waals surface area (Å²) < 4.78 is 5.27. The Morgan fingerprint density at radius 2 is 1.92 bits per heavy atom. The number of carbonyl (C=O) groups is 2. The highest BCUT2D eigenvalue weighted by atomic mass is 16.6. The van der Waals surface area contributed by atoms with Gasteiger partial charge in [0.05, 0.1) is 6.54 Å². The minimum Gasteiger partial charge on any atom is -0.444 e. The highest BCUT2D eigenvalue weighted by Gasteiger charge is 2.27. The number of alkyl carbamates (subject to hydrolysis) is 1. The first kappa shape index (κ1) is 18.5. The predicted octanol–water partition coefficient (Wildman–Crippen LogP) is 3.03. The first-order chi connectivity index (χ1) is 11.3. The third kappa shape index (κ3) is 5.64. The van der Waals surface area contributed by atoms with Gasteiger partial charge < -0.3 is 10.1 Å². The number of aryl methyl sites for hydroxylation is 1. The summed E-state index contributed by atoms with van der Waals surface area (Å²) in [5.41, 5.74) is 1.48. The molecule has 1 atom stereocenters. The van der Waals surface area contributed by atoms with Crippen molar-refractivity contribution in [1.29, 1.82) is 0 Å². The van der Waals surface area contributed by atoms with E-state index in [9.17, 15) is 9.59 Å². The normalized spacial score (nSPS) is 18.4. The molecule has 5 heteroatoms. The van der Waals surface area contributed by atoms with Crippen LogP contribution in [-0.2, 0) is 11.2 Å². The zero-order valence-corrected chi connectivity index (χ0v) is 15.1. The minimum atomic E-state index is -0.497. The van der Waals surface area contributed by atoms with Gasteiger partial charge in [-0.2, -0.15) is 0 Å². The second-order valence-electron chi connectivity index (χ2n) is 7.34. The molecule has 1 fully saturated rings. The minimum absolute atomic E-state index is 0.0371. The molecule has 1 aliphatic heterocycles. The Bertz CT molecular complexity index is 575. The smallest absolute Gasteiger partial charge is 0.407 e. The average molecular weight is 332 g/mol. The number of amides is 1. The Labute approximate surface area is 144 Å². The van der Waals surface area contributed by atoms with E-state index in [1.165, 1.54) is 5.56 Å². The van der Waals surface area contributed by atoms with Crippen LogP contribution >= 0.6 is 0 Å². The van der Waals surface area contributed by atoms with Gasteiger partial charge in [0.15, 0.2) is 5.78 Å². The van der Waals surface area contributed by atoms with E-state index in [0.717, 1.165) is 24.9 Å². The van der Waals surface area contributed by atoms with Crippen LogP contribution in [-0.4, -0.2) is 48.1 Å². The molecular formula is C19H28N2O3. The molecule has 0 radical (unpaired) electrons. The monoisotopic (exact) mass is 332 g/mol. The van der Waals surface area contributed by atoms with Gasteiger partial charge in [-0.3, -0.25) is 9.69 Å². The van der Waals surface area contributed by atoms with Crippen molar-refractivity contribution in [2.45, 2.75) is 52.2 Å². The first-order valence-electron chi connectivity index (χ1n) is 8.61. The number of hydrogen-bond acceptors (Lipinski definition) is 4. The van der Waals surface area contributed by atoms with Crippen LogP contribution < -0.4 is 5.32 Å². The van der Waals surface area contributed by atoms with E-state index in [4.69, 9.17) is 4.74 Å². The number of carbonyl (C=O) groups excluding carboxylic acids is 2. The van der Waals surface area contributed by atoms with E-state index in [0.29, 0.717) is 13.1 Å². The van der Waals surface area contributed by atoms with Crippen LogP contribution in [0.15, 0.2) is 24.3 Å². The molecule has 1 N–H and O–H groups in total. The van der Waals surface area contributed by atoms with Crippen molar-refractivity contribution in [3.8, 4) is 0 Å². The van der Waals surface area contributed by atoms with Gasteiger partial charge in [-0.15, -0.1) is 0 Å². The molecule has 5 nitrogen and oxygen atoms in total.